The minimum absolute atomic E-state index is 0.0214. The van der Waals surface area contributed by atoms with Crippen molar-refractivity contribution in [2.24, 2.45) is 0 Å². The Labute approximate surface area is 125 Å². The van der Waals surface area contributed by atoms with Gasteiger partial charge in [0, 0.05) is 18.8 Å². The monoisotopic (exact) mass is 286 g/mol. The Morgan fingerprint density at radius 3 is 2.67 bits per heavy atom. The number of para-hydroxylation sites is 1. The maximum Gasteiger partial charge on any atom is 0.256 e. The summed E-state index contributed by atoms with van der Waals surface area (Å²) in [4.78, 5) is 14.5. The van der Waals surface area contributed by atoms with Crippen molar-refractivity contribution in [3.8, 4) is 0 Å². The lowest BCUT2D eigenvalue weighted by atomic mass is 10.1. The smallest absolute Gasteiger partial charge is 0.256 e. The van der Waals surface area contributed by atoms with E-state index in [1.54, 1.807) is 11.2 Å². The van der Waals surface area contributed by atoms with Gasteiger partial charge in [-0.05, 0) is 37.6 Å². The summed E-state index contributed by atoms with van der Waals surface area (Å²) in [6.07, 6.45) is 2.65. The first-order chi connectivity index (χ1) is 10.3. The normalized spacial score (nSPS) is 10.4. The van der Waals surface area contributed by atoms with Gasteiger partial charge >= 0.3 is 0 Å². The minimum Gasteiger partial charge on any atom is -0.467 e. The van der Waals surface area contributed by atoms with Crippen LogP contribution in [0.15, 0.2) is 47.1 Å². The van der Waals surface area contributed by atoms with Crippen LogP contribution in [0.1, 0.15) is 36.4 Å². The van der Waals surface area contributed by atoms with Crippen molar-refractivity contribution in [3.05, 3.63) is 54.0 Å². The van der Waals surface area contributed by atoms with Crippen LogP contribution in [0.3, 0.4) is 0 Å². The average molecular weight is 286 g/mol. The van der Waals surface area contributed by atoms with Gasteiger partial charge in [-0.3, -0.25) is 4.79 Å². The van der Waals surface area contributed by atoms with Crippen LogP contribution >= 0.6 is 0 Å². The standard InChI is InChI=1S/C17H22N2O2/c1-3-11-18-16-10-6-5-9-15(16)17(20)19(4-2)13-14-8-7-12-21-14/h5-10,12,18H,3-4,11,13H2,1-2H3. The van der Waals surface area contributed by atoms with Crippen molar-refractivity contribution < 1.29 is 9.21 Å². The maximum atomic E-state index is 12.7. The van der Waals surface area contributed by atoms with Gasteiger partial charge in [0.15, 0.2) is 0 Å². The van der Waals surface area contributed by atoms with Crippen LogP contribution in [-0.2, 0) is 6.54 Å². The van der Waals surface area contributed by atoms with Crippen LogP contribution < -0.4 is 5.32 Å². The van der Waals surface area contributed by atoms with Crippen LogP contribution in [0.25, 0.3) is 0 Å². The van der Waals surface area contributed by atoms with Gasteiger partial charge in [0.2, 0.25) is 0 Å². The van der Waals surface area contributed by atoms with Crippen LogP contribution in [0, 0.1) is 0 Å². The molecule has 0 spiro atoms. The topological polar surface area (TPSA) is 45.5 Å². The second kappa shape index (κ2) is 7.53. The fourth-order valence-corrected chi connectivity index (χ4v) is 2.17. The zero-order chi connectivity index (χ0) is 15.1. The van der Waals surface area contributed by atoms with Crippen molar-refractivity contribution in [3.63, 3.8) is 0 Å². The molecular weight excluding hydrogens is 264 g/mol. The molecule has 0 saturated carbocycles. The van der Waals surface area contributed by atoms with Gasteiger partial charge in [0.1, 0.15) is 5.76 Å². The molecule has 0 atom stereocenters. The third-order valence-corrected chi connectivity index (χ3v) is 3.32. The number of nitrogens with one attached hydrogen (secondary N) is 1. The summed E-state index contributed by atoms with van der Waals surface area (Å²) in [5.41, 5.74) is 1.60. The summed E-state index contributed by atoms with van der Waals surface area (Å²) < 4.78 is 5.34. The summed E-state index contributed by atoms with van der Waals surface area (Å²) in [6.45, 7) is 6.07. The number of anilines is 1. The van der Waals surface area contributed by atoms with Gasteiger partial charge < -0.3 is 14.6 Å². The van der Waals surface area contributed by atoms with E-state index in [0.717, 1.165) is 24.4 Å². The molecule has 0 fully saturated rings. The first-order valence-corrected chi connectivity index (χ1v) is 7.40. The number of nitrogens with zero attached hydrogens (tertiary/aromatic N) is 1. The largest absolute Gasteiger partial charge is 0.467 e. The van der Waals surface area contributed by atoms with Crippen molar-refractivity contribution in [1.82, 2.24) is 4.90 Å². The highest BCUT2D eigenvalue weighted by molar-refractivity contribution is 5.99. The first kappa shape index (κ1) is 15.2. The summed E-state index contributed by atoms with van der Waals surface area (Å²) in [7, 11) is 0. The van der Waals surface area contributed by atoms with Crippen molar-refractivity contribution >= 4 is 11.6 Å². The molecule has 21 heavy (non-hydrogen) atoms. The Balaban J connectivity index is 2.17. The predicted molar refractivity (Wildman–Crippen MR) is 84.3 cm³/mol. The summed E-state index contributed by atoms with van der Waals surface area (Å²) >= 11 is 0. The number of carbonyl (C=O) groups excluding carboxylic acids is 1. The van der Waals surface area contributed by atoms with E-state index in [9.17, 15) is 4.79 Å². The summed E-state index contributed by atoms with van der Waals surface area (Å²) in [6, 6.07) is 11.4. The van der Waals surface area contributed by atoms with Crippen LogP contribution in [0.5, 0.6) is 0 Å². The molecule has 0 bridgehead atoms. The molecule has 0 aliphatic heterocycles. The number of benzene rings is 1. The Hall–Kier alpha value is -2.23. The van der Waals surface area contributed by atoms with E-state index in [4.69, 9.17) is 4.42 Å². The number of rotatable bonds is 7. The van der Waals surface area contributed by atoms with Crippen molar-refractivity contribution in [2.45, 2.75) is 26.8 Å². The first-order valence-electron chi connectivity index (χ1n) is 7.40. The number of amides is 1. The molecule has 0 aliphatic rings. The molecule has 1 aromatic heterocycles. The molecule has 2 aromatic rings. The van der Waals surface area contributed by atoms with E-state index >= 15 is 0 Å². The lowest BCUT2D eigenvalue weighted by Crippen LogP contribution is -2.30. The highest BCUT2D eigenvalue weighted by Gasteiger charge is 2.18. The molecule has 4 heteroatoms. The molecule has 1 aromatic carbocycles. The Morgan fingerprint density at radius 1 is 1.19 bits per heavy atom. The van der Waals surface area contributed by atoms with Gasteiger partial charge in [-0.1, -0.05) is 19.1 Å². The molecule has 1 N–H and O–H groups in total. The number of furan rings is 1. The van der Waals surface area contributed by atoms with E-state index in [0.29, 0.717) is 18.7 Å². The molecule has 0 saturated heterocycles. The zero-order valence-electron chi connectivity index (χ0n) is 12.6. The molecule has 4 nitrogen and oxygen atoms in total. The minimum atomic E-state index is 0.0214. The molecular formula is C17H22N2O2. The predicted octanol–water partition coefficient (Wildman–Crippen LogP) is 3.76. The van der Waals surface area contributed by atoms with Gasteiger partial charge in [-0.25, -0.2) is 0 Å². The van der Waals surface area contributed by atoms with Crippen molar-refractivity contribution in [1.29, 1.82) is 0 Å². The van der Waals surface area contributed by atoms with Crippen LogP contribution in [-0.4, -0.2) is 23.9 Å². The third kappa shape index (κ3) is 3.88. The van der Waals surface area contributed by atoms with Gasteiger partial charge in [-0.2, -0.15) is 0 Å². The zero-order valence-corrected chi connectivity index (χ0v) is 12.6. The van der Waals surface area contributed by atoms with E-state index in [-0.39, 0.29) is 5.91 Å². The highest BCUT2D eigenvalue weighted by atomic mass is 16.3. The van der Waals surface area contributed by atoms with E-state index in [1.807, 2.05) is 43.3 Å². The van der Waals surface area contributed by atoms with E-state index in [2.05, 4.69) is 12.2 Å². The van der Waals surface area contributed by atoms with Gasteiger partial charge in [-0.15, -0.1) is 0 Å². The number of hydrogen-bond acceptors (Lipinski definition) is 3. The fourth-order valence-electron chi connectivity index (χ4n) is 2.17. The van der Waals surface area contributed by atoms with Crippen LogP contribution in [0.4, 0.5) is 5.69 Å². The summed E-state index contributed by atoms with van der Waals surface area (Å²) in [5, 5.41) is 3.31. The van der Waals surface area contributed by atoms with Gasteiger partial charge in [0.05, 0.1) is 18.4 Å². The molecule has 112 valence electrons. The highest BCUT2D eigenvalue weighted by Crippen LogP contribution is 2.18. The molecule has 0 aliphatic carbocycles. The Bertz CT molecular complexity index is 564. The maximum absolute atomic E-state index is 12.7. The fraction of sp³-hybridized carbons (Fsp3) is 0.353. The molecule has 1 heterocycles. The van der Waals surface area contributed by atoms with E-state index < -0.39 is 0 Å². The van der Waals surface area contributed by atoms with Crippen molar-refractivity contribution in [2.75, 3.05) is 18.4 Å². The molecule has 0 unspecified atom stereocenters. The quantitative estimate of drug-likeness (QED) is 0.843. The van der Waals surface area contributed by atoms with E-state index in [1.165, 1.54) is 0 Å². The SMILES string of the molecule is CCCNc1ccccc1C(=O)N(CC)Cc1ccco1. The second-order valence-electron chi connectivity index (χ2n) is 4.87. The number of carbonyl (C=O) groups is 1. The Kier molecular flexibility index (Phi) is 5.43. The van der Waals surface area contributed by atoms with Crippen LogP contribution in [0.2, 0.25) is 0 Å². The Morgan fingerprint density at radius 2 is 2.00 bits per heavy atom. The molecule has 2 rings (SSSR count). The lowest BCUT2D eigenvalue weighted by molar-refractivity contribution is 0.0742. The molecule has 1 amide bonds. The molecule has 0 radical (unpaired) electrons. The average Bonchev–Trinajstić information content (AvgIpc) is 3.03. The number of hydrogen-bond donors (Lipinski definition) is 1. The second-order valence-corrected chi connectivity index (χ2v) is 4.87. The summed E-state index contributed by atoms with van der Waals surface area (Å²) in [5.74, 6) is 0.817. The third-order valence-electron chi connectivity index (χ3n) is 3.32. The van der Waals surface area contributed by atoms with Gasteiger partial charge in [0.25, 0.3) is 5.91 Å². The lowest BCUT2D eigenvalue weighted by Gasteiger charge is -2.21.